The molecule has 0 atom stereocenters. The van der Waals surface area contributed by atoms with Gasteiger partial charge in [-0.2, -0.15) is 5.26 Å². The number of halogens is 2. The minimum atomic E-state index is -3.38. The molecular weight excluding hydrogens is 445 g/mol. The van der Waals surface area contributed by atoms with Crippen LogP contribution in [0.2, 0.25) is 5.02 Å². The Labute approximate surface area is 211 Å². The van der Waals surface area contributed by atoms with E-state index >= 15 is 0 Å². The van der Waals surface area contributed by atoms with Gasteiger partial charge in [0, 0.05) is 46.9 Å². The maximum atomic E-state index is 14.2. The van der Waals surface area contributed by atoms with Crippen molar-refractivity contribution >= 4 is 45.5 Å². The van der Waals surface area contributed by atoms with Crippen molar-refractivity contribution in [2.45, 2.75) is 6.92 Å². The van der Waals surface area contributed by atoms with E-state index in [-0.39, 0.29) is 50.8 Å². The molecule has 1 amide bonds. The van der Waals surface area contributed by atoms with Crippen LogP contribution >= 0.6 is 11.6 Å². The first kappa shape index (κ1) is 13.1. The molecule has 0 spiro atoms. The first-order chi connectivity index (χ1) is 20.2. The molecule has 9 heteroatoms. The fourth-order valence-electron chi connectivity index (χ4n) is 2.73. The second-order valence-corrected chi connectivity index (χ2v) is 6.63. The van der Waals surface area contributed by atoms with Gasteiger partial charge in [-0.05, 0) is 45.1 Å². The second-order valence-electron chi connectivity index (χ2n) is 6.25. The average Bonchev–Trinajstić information content (AvgIpc) is 2.90. The number of benzene rings is 2. The van der Waals surface area contributed by atoms with E-state index in [1.807, 2.05) is 6.07 Å². The second kappa shape index (κ2) is 10.8. The zero-order valence-electron chi connectivity index (χ0n) is 28.0. The zero-order valence-corrected chi connectivity index (χ0v) is 17.8. The molecule has 0 fully saturated rings. The fourth-order valence-corrected chi connectivity index (χ4v) is 2.87. The van der Waals surface area contributed by atoms with E-state index in [0.29, 0.717) is 12.2 Å². The van der Waals surface area contributed by atoms with E-state index in [2.05, 4.69) is 15.6 Å². The summed E-state index contributed by atoms with van der Waals surface area (Å²) in [5, 5.41) is 14.3. The number of nitrogens with one attached hydrogen (secondary N) is 2. The van der Waals surface area contributed by atoms with Crippen LogP contribution in [0.4, 0.5) is 21.5 Å². The third kappa shape index (κ3) is 5.98. The Kier molecular flexibility index (Phi) is 4.29. The number of pyridine rings is 1. The van der Waals surface area contributed by atoms with E-state index in [4.69, 9.17) is 31.4 Å². The molecule has 0 saturated carbocycles. The normalized spacial score (nSPS) is 17.1. The summed E-state index contributed by atoms with van der Waals surface area (Å²) < 4.78 is 104. The Hall–Kier alpha value is -3.67. The number of amides is 1. The van der Waals surface area contributed by atoms with Crippen LogP contribution < -0.4 is 15.4 Å². The number of hydrogen-bond acceptors (Lipinski definition) is 6. The number of aromatic nitrogens is 1. The molecular formula is C24H23ClFN5O2. The summed E-state index contributed by atoms with van der Waals surface area (Å²) in [6, 6.07) is 2.31. The van der Waals surface area contributed by atoms with Gasteiger partial charge in [-0.25, -0.2) is 4.39 Å². The first-order valence-corrected chi connectivity index (χ1v) is 9.64. The Morgan fingerprint density at radius 2 is 2.30 bits per heavy atom. The number of ether oxygens (including phenoxy) is 1. The highest BCUT2D eigenvalue weighted by Gasteiger charge is 2.15. The maximum absolute atomic E-state index is 14.2. The van der Waals surface area contributed by atoms with Gasteiger partial charge in [0.25, 0.3) is 0 Å². The number of rotatable bonds is 8. The van der Waals surface area contributed by atoms with Crippen LogP contribution in [0.3, 0.4) is 0 Å². The maximum Gasteiger partial charge on any atom is 0.248 e. The lowest BCUT2D eigenvalue weighted by Gasteiger charge is -2.16. The van der Waals surface area contributed by atoms with Crippen LogP contribution in [-0.2, 0) is 4.79 Å². The van der Waals surface area contributed by atoms with Crippen molar-refractivity contribution in [2.24, 2.45) is 0 Å². The summed E-state index contributed by atoms with van der Waals surface area (Å²) in [4.78, 5) is 16.7. The Morgan fingerprint density at radius 3 is 3.03 bits per heavy atom. The molecule has 0 aliphatic heterocycles. The summed E-state index contributed by atoms with van der Waals surface area (Å²) in [6.45, 7) is -8.11. The summed E-state index contributed by atoms with van der Waals surface area (Å²) in [5.41, 5.74) is -0.384. The molecule has 0 aliphatic rings. The highest BCUT2D eigenvalue weighted by atomic mass is 35.5. The summed E-state index contributed by atoms with van der Waals surface area (Å²) in [5.74, 6) is -2.22. The number of nitriles is 1. The van der Waals surface area contributed by atoms with E-state index in [1.165, 1.54) is 18.3 Å². The van der Waals surface area contributed by atoms with Crippen molar-refractivity contribution in [1.82, 2.24) is 9.88 Å². The van der Waals surface area contributed by atoms with Gasteiger partial charge < -0.3 is 20.3 Å². The minimum absolute atomic E-state index is 0.0435. The predicted molar refractivity (Wildman–Crippen MR) is 129 cm³/mol. The number of likely N-dealkylation sites (N-methyl/N-ethyl adjacent to an activating group) is 1. The molecule has 0 radical (unpaired) electrons. The highest BCUT2D eigenvalue weighted by Crippen LogP contribution is 2.36. The van der Waals surface area contributed by atoms with Crippen molar-refractivity contribution in [3.63, 3.8) is 0 Å². The number of carbonyl (C=O) groups excluding carboxylic acids is 1. The molecule has 1 heterocycles. The minimum Gasteiger partial charge on any atom is -0.492 e. The number of hydrogen-bond donors (Lipinski definition) is 2. The number of fused-ring (bicyclic) bond motifs is 1. The van der Waals surface area contributed by atoms with Crippen LogP contribution in [0.1, 0.15) is 27.6 Å². The SMILES string of the molecule is [2H]c1c([2H])c(Nc2c(C#N)cnc3cc(OCC)c(NC(=O)/C=C/C([2H])([2H])N(C([2H])([2H])[2H])C([2H])([2H])[2H])cc23)c([2H])c(Cl)c1F. The smallest absolute Gasteiger partial charge is 0.248 e. The molecule has 0 aliphatic carbocycles. The molecule has 0 unspecified atom stereocenters. The van der Waals surface area contributed by atoms with Crippen LogP contribution in [-0.4, -0.2) is 42.8 Å². The largest absolute Gasteiger partial charge is 0.492 e. The molecule has 1 aromatic heterocycles. The molecule has 2 N–H and O–H groups in total. The van der Waals surface area contributed by atoms with Crippen LogP contribution in [0.25, 0.3) is 10.9 Å². The Balaban J connectivity index is 2.12. The third-order valence-electron chi connectivity index (χ3n) is 4.06. The van der Waals surface area contributed by atoms with Gasteiger partial charge in [0.1, 0.15) is 17.6 Å². The van der Waals surface area contributed by atoms with E-state index in [1.54, 1.807) is 6.92 Å². The first-order valence-electron chi connectivity index (χ1n) is 14.8. The van der Waals surface area contributed by atoms with Crippen LogP contribution in [0.15, 0.2) is 48.6 Å². The third-order valence-corrected chi connectivity index (χ3v) is 4.32. The van der Waals surface area contributed by atoms with Crippen LogP contribution in [0, 0.1) is 17.1 Å². The molecule has 3 aromatic rings. The lowest BCUT2D eigenvalue weighted by Crippen LogP contribution is -2.13. The van der Waals surface area contributed by atoms with E-state index in [0.717, 1.165) is 0 Å². The molecule has 0 saturated heterocycles. The summed E-state index contributed by atoms with van der Waals surface area (Å²) in [6.07, 6.45) is 2.24. The molecule has 3 rings (SSSR count). The van der Waals surface area contributed by atoms with Gasteiger partial charge in [0.05, 0.1) is 38.2 Å². The molecule has 2 aromatic carbocycles. The predicted octanol–water partition coefficient (Wildman–Crippen LogP) is 5.10. The van der Waals surface area contributed by atoms with E-state index in [9.17, 15) is 14.4 Å². The molecule has 33 heavy (non-hydrogen) atoms. The number of anilines is 3. The standard InChI is InChI=1S/C24H23ClFN5O2/c1-4-33-22-12-20-17(11-21(22)30-23(32)6-5-9-31(2)3)24(15(13-27)14-28-20)29-16-7-8-19(26)18(25)10-16/h5-8,10-12,14H,4,9H2,1-3H3,(H,28,29)(H,30,32)/b6-5+/i2D3,3D3,7D,8D,9D2,10D. The van der Waals surface area contributed by atoms with E-state index < -0.39 is 55.3 Å². The summed E-state index contributed by atoms with van der Waals surface area (Å²) >= 11 is 5.84. The van der Waals surface area contributed by atoms with Gasteiger partial charge in [-0.3, -0.25) is 9.78 Å². The van der Waals surface area contributed by atoms with Crippen molar-refractivity contribution in [3.8, 4) is 11.8 Å². The van der Waals surface area contributed by atoms with Gasteiger partial charge in [-0.1, -0.05) is 17.7 Å². The van der Waals surface area contributed by atoms with Crippen LogP contribution in [0.5, 0.6) is 5.75 Å². The van der Waals surface area contributed by atoms with Crippen molar-refractivity contribution < 1.29 is 29.0 Å². The lowest BCUT2D eigenvalue weighted by atomic mass is 10.1. The topological polar surface area (TPSA) is 90.3 Å². The quantitative estimate of drug-likeness (QED) is 0.438. The zero-order chi connectivity index (χ0) is 33.4. The Bertz CT molecular complexity index is 1650. The van der Waals surface area contributed by atoms with Gasteiger partial charge in [0.2, 0.25) is 5.91 Å². The number of nitrogens with zero attached hydrogens (tertiary/aromatic N) is 3. The van der Waals surface area contributed by atoms with Crippen molar-refractivity contribution in [1.29, 1.82) is 5.26 Å². The fraction of sp³-hybridized carbons (Fsp3) is 0.208. The van der Waals surface area contributed by atoms with Crippen molar-refractivity contribution in [2.75, 3.05) is 37.7 Å². The van der Waals surface area contributed by atoms with Gasteiger partial charge in [-0.15, -0.1) is 0 Å². The summed E-state index contributed by atoms with van der Waals surface area (Å²) in [7, 11) is 0. The number of carbonyl (C=O) groups is 1. The monoisotopic (exact) mass is 478 g/mol. The highest BCUT2D eigenvalue weighted by molar-refractivity contribution is 6.31. The lowest BCUT2D eigenvalue weighted by molar-refractivity contribution is -0.111. The molecule has 7 nitrogen and oxygen atoms in total. The Morgan fingerprint density at radius 1 is 1.48 bits per heavy atom. The molecule has 0 bridgehead atoms. The van der Waals surface area contributed by atoms with Crippen molar-refractivity contribution in [3.05, 3.63) is 65.0 Å². The molecule has 170 valence electrons. The average molecular weight is 479 g/mol. The van der Waals surface area contributed by atoms with Gasteiger partial charge in [0.15, 0.2) is 0 Å². The van der Waals surface area contributed by atoms with Gasteiger partial charge >= 0.3 is 0 Å².